The Morgan fingerprint density at radius 3 is 2.08 bits per heavy atom. The van der Waals surface area contributed by atoms with Gasteiger partial charge in [0, 0.05) is 5.56 Å². The third-order valence-electron chi connectivity index (χ3n) is 3.27. The summed E-state index contributed by atoms with van der Waals surface area (Å²) in [7, 11) is 0. The van der Waals surface area contributed by atoms with E-state index in [1.165, 1.54) is 31.6 Å². The maximum absolute atomic E-state index is 10.2. The Bertz CT molecular complexity index is 729. The zero-order chi connectivity index (χ0) is 17.9. The number of phenolic OH excluding ortho intramolecular Hbond substituents is 1. The van der Waals surface area contributed by atoms with E-state index in [2.05, 4.69) is 36.8 Å². The van der Waals surface area contributed by atoms with E-state index in [1.54, 1.807) is 6.07 Å². The highest BCUT2D eigenvalue weighted by molar-refractivity contribution is 5.68. The van der Waals surface area contributed by atoms with Gasteiger partial charge >= 0.3 is 0 Å². The largest absolute Gasteiger partial charge is 0.507 e. The van der Waals surface area contributed by atoms with Gasteiger partial charge in [-0.15, -0.1) is 0 Å². The molecule has 25 heavy (non-hydrogen) atoms. The fraction of sp³-hybridized carbons (Fsp3) is 0.294. The van der Waals surface area contributed by atoms with Gasteiger partial charge in [-0.05, 0) is 25.5 Å². The lowest BCUT2D eigenvalue weighted by Crippen LogP contribution is -1.99. The minimum atomic E-state index is 0.153. The molecule has 8 heteroatoms. The molecular weight excluding hydrogens is 320 g/mol. The molecule has 0 aliphatic carbocycles. The van der Waals surface area contributed by atoms with E-state index < -0.39 is 0 Å². The van der Waals surface area contributed by atoms with Gasteiger partial charge in [-0.25, -0.2) is 29.9 Å². The van der Waals surface area contributed by atoms with Gasteiger partial charge in [0.2, 0.25) is 0 Å². The molecule has 3 aromatic rings. The van der Waals surface area contributed by atoms with Crippen molar-refractivity contribution < 1.29 is 9.84 Å². The summed E-state index contributed by atoms with van der Waals surface area (Å²) in [6, 6.07) is 3.60. The molecular formula is C17H20N6O2. The molecule has 0 radical (unpaired) electrons. The quantitative estimate of drug-likeness (QED) is 0.706. The lowest BCUT2D eigenvalue weighted by Gasteiger charge is -2.12. The van der Waals surface area contributed by atoms with Crippen LogP contribution in [0.3, 0.4) is 0 Å². The minimum Gasteiger partial charge on any atom is -0.507 e. The lowest BCUT2D eigenvalue weighted by molar-refractivity contribution is 0.305. The van der Waals surface area contributed by atoms with E-state index in [9.17, 15) is 5.11 Å². The van der Waals surface area contributed by atoms with Crippen LogP contribution in [-0.4, -0.2) is 41.6 Å². The Morgan fingerprint density at radius 1 is 0.920 bits per heavy atom. The zero-order valence-corrected chi connectivity index (χ0v) is 14.2. The van der Waals surface area contributed by atoms with Crippen molar-refractivity contribution in [3.8, 4) is 22.9 Å². The van der Waals surface area contributed by atoms with Gasteiger partial charge in [-0.2, -0.15) is 0 Å². The Balaban J connectivity index is 0.000000316. The topological polar surface area (TPSA) is 107 Å². The van der Waals surface area contributed by atoms with Crippen LogP contribution in [0.5, 0.6) is 11.5 Å². The average Bonchev–Trinajstić information content (AvgIpc) is 2.68. The predicted molar refractivity (Wildman–Crippen MR) is 91.9 cm³/mol. The van der Waals surface area contributed by atoms with Gasteiger partial charge in [0.05, 0.1) is 12.2 Å². The second-order valence-electron chi connectivity index (χ2n) is 5.04. The number of ether oxygens (including phenoxy) is 1. The lowest BCUT2D eigenvalue weighted by atomic mass is 10.1. The molecule has 130 valence electrons. The molecule has 0 spiro atoms. The molecule has 0 amide bonds. The molecule has 0 saturated carbocycles. The Hall–Kier alpha value is -3.16. The molecule has 0 unspecified atom stereocenters. The Kier molecular flexibility index (Phi) is 7.17. The summed E-state index contributed by atoms with van der Waals surface area (Å²) < 4.78 is 5.64. The SMILES string of the molecule is CCCCOc1ccc(-c2ncncn2)c(O)c1C.c1ncncn1. The maximum atomic E-state index is 10.2. The maximum Gasteiger partial charge on any atom is 0.166 e. The third kappa shape index (κ3) is 5.45. The fourth-order valence-electron chi connectivity index (χ4n) is 1.93. The average molecular weight is 340 g/mol. The summed E-state index contributed by atoms with van der Waals surface area (Å²) in [5.74, 6) is 1.31. The van der Waals surface area contributed by atoms with Crippen LogP contribution in [0, 0.1) is 6.92 Å². The van der Waals surface area contributed by atoms with Crippen LogP contribution < -0.4 is 4.74 Å². The van der Waals surface area contributed by atoms with Crippen molar-refractivity contribution in [1.82, 2.24) is 29.9 Å². The second kappa shape index (κ2) is 9.86. The number of hydrogen-bond donors (Lipinski definition) is 1. The molecule has 1 N–H and O–H groups in total. The first-order chi connectivity index (χ1) is 12.2. The summed E-state index contributed by atoms with van der Waals surface area (Å²) in [5, 5.41) is 10.2. The first kappa shape index (κ1) is 18.2. The number of aromatic hydroxyl groups is 1. The van der Waals surface area contributed by atoms with Crippen molar-refractivity contribution >= 4 is 0 Å². The molecule has 2 heterocycles. The van der Waals surface area contributed by atoms with Crippen molar-refractivity contribution in [2.75, 3.05) is 6.61 Å². The zero-order valence-electron chi connectivity index (χ0n) is 14.2. The van der Waals surface area contributed by atoms with E-state index in [0.29, 0.717) is 29.3 Å². The molecule has 2 aromatic heterocycles. The van der Waals surface area contributed by atoms with Gasteiger partial charge in [-0.3, -0.25) is 0 Å². The van der Waals surface area contributed by atoms with Crippen molar-refractivity contribution in [3.05, 3.63) is 49.3 Å². The first-order valence-corrected chi connectivity index (χ1v) is 7.86. The van der Waals surface area contributed by atoms with Crippen molar-refractivity contribution in [3.63, 3.8) is 0 Å². The van der Waals surface area contributed by atoms with E-state index in [-0.39, 0.29) is 5.75 Å². The second-order valence-corrected chi connectivity index (χ2v) is 5.04. The number of phenols is 1. The number of rotatable bonds is 5. The molecule has 0 atom stereocenters. The highest BCUT2D eigenvalue weighted by Crippen LogP contribution is 2.35. The molecule has 8 nitrogen and oxygen atoms in total. The summed E-state index contributed by atoms with van der Waals surface area (Å²) in [5.41, 5.74) is 1.29. The Labute approximate surface area is 146 Å². The van der Waals surface area contributed by atoms with E-state index in [4.69, 9.17) is 4.74 Å². The van der Waals surface area contributed by atoms with Crippen LogP contribution in [0.25, 0.3) is 11.4 Å². The molecule has 0 saturated heterocycles. The number of hydrogen-bond acceptors (Lipinski definition) is 8. The van der Waals surface area contributed by atoms with E-state index >= 15 is 0 Å². The van der Waals surface area contributed by atoms with Crippen molar-refractivity contribution in [2.45, 2.75) is 26.7 Å². The molecule has 0 aliphatic heterocycles. The van der Waals surface area contributed by atoms with Crippen LogP contribution in [0.4, 0.5) is 0 Å². The van der Waals surface area contributed by atoms with Crippen molar-refractivity contribution in [2.24, 2.45) is 0 Å². The number of benzene rings is 1. The summed E-state index contributed by atoms with van der Waals surface area (Å²) in [6.45, 7) is 4.58. The molecule has 0 aliphatic rings. The van der Waals surface area contributed by atoms with Gasteiger partial charge in [0.1, 0.15) is 43.1 Å². The first-order valence-electron chi connectivity index (χ1n) is 7.86. The third-order valence-corrected chi connectivity index (χ3v) is 3.27. The summed E-state index contributed by atoms with van der Waals surface area (Å²) in [6.07, 6.45) is 9.20. The van der Waals surface area contributed by atoms with Crippen LogP contribution in [0.15, 0.2) is 43.8 Å². The van der Waals surface area contributed by atoms with Crippen LogP contribution in [0.2, 0.25) is 0 Å². The molecule has 0 bridgehead atoms. The monoisotopic (exact) mass is 340 g/mol. The smallest absolute Gasteiger partial charge is 0.166 e. The molecule has 3 rings (SSSR count). The highest BCUT2D eigenvalue weighted by Gasteiger charge is 2.13. The van der Waals surface area contributed by atoms with Gasteiger partial charge in [0.25, 0.3) is 0 Å². The molecule has 0 fully saturated rings. The van der Waals surface area contributed by atoms with Crippen molar-refractivity contribution in [1.29, 1.82) is 0 Å². The van der Waals surface area contributed by atoms with Gasteiger partial charge in [0.15, 0.2) is 5.82 Å². The number of nitrogens with zero attached hydrogens (tertiary/aromatic N) is 6. The number of aromatic nitrogens is 6. The predicted octanol–water partition coefficient (Wildman–Crippen LogP) is 2.60. The minimum absolute atomic E-state index is 0.153. The fourth-order valence-corrected chi connectivity index (χ4v) is 1.93. The van der Waals surface area contributed by atoms with Crippen LogP contribution in [-0.2, 0) is 0 Å². The van der Waals surface area contributed by atoms with E-state index in [1.807, 2.05) is 13.0 Å². The summed E-state index contributed by atoms with van der Waals surface area (Å²) >= 11 is 0. The van der Waals surface area contributed by atoms with Gasteiger partial charge < -0.3 is 9.84 Å². The number of unbranched alkanes of at least 4 members (excludes halogenated alkanes) is 1. The highest BCUT2D eigenvalue weighted by atomic mass is 16.5. The molecule has 1 aromatic carbocycles. The van der Waals surface area contributed by atoms with Crippen LogP contribution >= 0.6 is 0 Å². The standard InChI is InChI=1S/C14H17N3O2.C3H3N3/c1-3-4-7-19-12-6-5-11(13(18)10(12)2)14-16-8-15-9-17-14;1-4-2-6-3-5-1/h5-6,8-9,18H,3-4,7H2,1-2H3;1-3H. The summed E-state index contributed by atoms with van der Waals surface area (Å²) in [4.78, 5) is 22.5. The Morgan fingerprint density at radius 2 is 1.52 bits per heavy atom. The van der Waals surface area contributed by atoms with Gasteiger partial charge in [-0.1, -0.05) is 13.3 Å². The van der Waals surface area contributed by atoms with E-state index in [0.717, 1.165) is 12.8 Å². The van der Waals surface area contributed by atoms with Crippen LogP contribution in [0.1, 0.15) is 25.3 Å². The normalized spacial score (nSPS) is 9.84.